The van der Waals surface area contributed by atoms with Crippen LogP contribution in [0.15, 0.2) is 29.6 Å². The van der Waals surface area contributed by atoms with Crippen molar-refractivity contribution in [3.05, 3.63) is 47.0 Å². The predicted octanol–water partition coefficient (Wildman–Crippen LogP) is 3.33. The lowest BCUT2D eigenvalue weighted by Crippen LogP contribution is -2.04. The minimum atomic E-state index is -0.515. The summed E-state index contributed by atoms with van der Waals surface area (Å²) in [5.41, 5.74) is 1.76. The first-order valence-electron chi connectivity index (χ1n) is 7.06. The zero-order chi connectivity index (χ0) is 17.1. The summed E-state index contributed by atoms with van der Waals surface area (Å²) in [4.78, 5) is 34.1. The Morgan fingerprint density at radius 3 is 2.75 bits per heavy atom. The fraction of sp³-hybridized carbons (Fsp3) is 0.125. The van der Waals surface area contributed by atoms with Crippen molar-refractivity contribution in [3.63, 3.8) is 0 Å². The molecule has 0 amide bonds. The molecule has 3 rings (SSSR count). The third kappa shape index (κ3) is 3.09. The highest BCUT2D eigenvalue weighted by Gasteiger charge is 2.19. The largest absolute Gasteiger partial charge is 0.461 e. The van der Waals surface area contributed by atoms with Gasteiger partial charge < -0.3 is 9.72 Å². The summed E-state index contributed by atoms with van der Waals surface area (Å²) < 4.78 is 18.0. The second-order valence-corrected chi connectivity index (χ2v) is 5.59. The van der Waals surface area contributed by atoms with Crippen LogP contribution in [-0.2, 0) is 4.74 Å². The van der Waals surface area contributed by atoms with Crippen LogP contribution in [0.5, 0.6) is 0 Å². The van der Waals surface area contributed by atoms with Crippen molar-refractivity contribution in [1.29, 1.82) is 0 Å². The second-order valence-electron chi connectivity index (χ2n) is 4.73. The molecule has 3 aromatic rings. The second kappa shape index (κ2) is 6.71. The number of halogens is 1. The molecule has 0 aliphatic rings. The Labute approximate surface area is 140 Å². The van der Waals surface area contributed by atoms with E-state index in [0.717, 1.165) is 0 Å². The molecule has 0 aliphatic carbocycles. The van der Waals surface area contributed by atoms with Crippen LogP contribution in [0.2, 0.25) is 0 Å². The number of rotatable bonds is 5. The third-order valence-electron chi connectivity index (χ3n) is 3.15. The molecule has 0 fully saturated rings. The van der Waals surface area contributed by atoms with Crippen molar-refractivity contribution in [2.45, 2.75) is 6.92 Å². The Morgan fingerprint density at radius 1 is 1.33 bits per heavy atom. The van der Waals surface area contributed by atoms with Crippen LogP contribution in [-0.4, -0.2) is 33.8 Å². The van der Waals surface area contributed by atoms with Gasteiger partial charge in [0.05, 0.1) is 12.3 Å². The summed E-state index contributed by atoms with van der Waals surface area (Å²) in [5.74, 6) is -0.763. The summed E-state index contributed by atoms with van der Waals surface area (Å²) in [7, 11) is 0. The van der Waals surface area contributed by atoms with Crippen LogP contribution in [0.25, 0.3) is 22.0 Å². The van der Waals surface area contributed by atoms with Gasteiger partial charge in [-0.25, -0.2) is 19.2 Å². The zero-order valence-corrected chi connectivity index (χ0v) is 13.4. The number of benzene rings is 1. The van der Waals surface area contributed by atoms with Crippen LogP contribution in [0.4, 0.5) is 4.39 Å². The highest BCUT2D eigenvalue weighted by Crippen LogP contribution is 2.32. The number of aldehydes is 1. The molecule has 2 aromatic heterocycles. The fourth-order valence-corrected chi connectivity index (χ4v) is 2.89. The van der Waals surface area contributed by atoms with Gasteiger partial charge in [0.15, 0.2) is 17.8 Å². The number of aromatic amines is 1. The Balaban J connectivity index is 2.04. The van der Waals surface area contributed by atoms with E-state index in [1.54, 1.807) is 24.4 Å². The first kappa shape index (κ1) is 16.0. The molecular formula is C16H12FN3O3S. The molecule has 1 N–H and O–H groups in total. The molecular weight excluding hydrogens is 333 g/mol. The lowest BCUT2D eigenvalue weighted by Gasteiger charge is -2.00. The standard InChI is InChI=1S/C16H12FN3O3S/c1-2-23-16(22)11-8-24-15(18-11)14-13(19-12(7-21)20-14)9-3-5-10(17)6-4-9/h3-8H,2H2,1H3,(H,19,20). The summed E-state index contributed by atoms with van der Waals surface area (Å²) >= 11 is 1.22. The van der Waals surface area contributed by atoms with Gasteiger partial charge in [-0.15, -0.1) is 11.3 Å². The van der Waals surface area contributed by atoms with Crippen LogP contribution in [0, 0.1) is 5.82 Å². The monoisotopic (exact) mass is 345 g/mol. The molecule has 6 nitrogen and oxygen atoms in total. The molecule has 122 valence electrons. The van der Waals surface area contributed by atoms with Gasteiger partial charge in [0.2, 0.25) is 0 Å². The predicted molar refractivity (Wildman–Crippen MR) is 86.4 cm³/mol. The number of imidazole rings is 1. The van der Waals surface area contributed by atoms with Crippen molar-refractivity contribution in [2.75, 3.05) is 6.61 Å². The highest BCUT2D eigenvalue weighted by atomic mass is 32.1. The fourth-order valence-electron chi connectivity index (χ4n) is 2.11. The summed E-state index contributed by atoms with van der Waals surface area (Å²) in [6.45, 7) is 1.97. The maximum Gasteiger partial charge on any atom is 0.357 e. The normalized spacial score (nSPS) is 10.6. The number of hydrogen-bond acceptors (Lipinski definition) is 6. The number of hydrogen-bond donors (Lipinski definition) is 1. The van der Waals surface area contributed by atoms with E-state index in [0.29, 0.717) is 28.2 Å². The number of carbonyl (C=O) groups excluding carboxylic acids is 2. The summed E-state index contributed by atoms with van der Waals surface area (Å²) in [5, 5.41) is 2.06. The number of ether oxygens (including phenoxy) is 1. The van der Waals surface area contributed by atoms with Crippen molar-refractivity contribution < 1.29 is 18.7 Å². The number of H-pyrrole nitrogens is 1. The Hall–Kier alpha value is -2.87. The minimum Gasteiger partial charge on any atom is -0.461 e. The van der Waals surface area contributed by atoms with Gasteiger partial charge in [-0.3, -0.25) is 4.79 Å². The average molecular weight is 345 g/mol. The molecule has 0 atom stereocenters. The summed E-state index contributed by atoms with van der Waals surface area (Å²) in [6, 6.07) is 5.73. The molecule has 0 bridgehead atoms. The minimum absolute atomic E-state index is 0.122. The quantitative estimate of drug-likeness (QED) is 0.566. The van der Waals surface area contributed by atoms with Crippen molar-refractivity contribution >= 4 is 23.6 Å². The van der Waals surface area contributed by atoms with Gasteiger partial charge in [-0.1, -0.05) is 0 Å². The Morgan fingerprint density at radius 2 is 2.08 bits per heavy atom. The average Bonchev–Trinajstić information content (AvgIpc) is 3.22. The van der Waals surface area contributed by atoms with Gasteiger partial charge in [-0.05, 0) is 31.2 Å². The van der Waals surface area contributed by atoms with Gasteiger partial charge >= 0.3 is 5.97 Å². The lowest BCUT2D eigenvalue weighted by molar-refractivity contribution is 0.0520. The van der Waals surface area contributed by atoms with Crippen LogP contribution in [0.1, 0.15) is 28.0 Å². The van der Waals surface area contributed by atoms with Crippen molar-refractivity contribution in [1.82, 2.24) is 15.0 Å². The smallest absolute Gasteiger partial charge is 0.357 e. The lowest BCUT2D eigenvalue weighted by atomic mass is 10.1. The Bertz CT molecular complexity index is 886. The summed E-state index contributed by atoms with van der Waals surface area (Å²) in [6.07, 6.45) is 0.580. The van der Waals surface area contributed by atoms with E-state index in [-0.39, 0.29) is 23.9 Å². The number of nitrogens with one attached hydrogen (secondary N) is 1. The first-order valence-corrected chi connectivity index (χ1v) is 7.94. The number of aromatic nitrogens is 3. The molecule has 24 heavy (non-hydrogen) atoms. The van der Waals surface area contributed by atoms with Gasteiger partial charge in [-0.2, -0.15) is 0 Å². The first-order chi connectivity index (χ1) is 11.6. The van der Waals surface area contributed by atoms with E-state index in [1.165, 1.54) is 23.5 Å². The van der Waals surface area contributed by atoms with Crippen LogP contribution >= 0.6 is 11.3 Å². The molecule has 0 aliphatic heterocycles. The van der Waals surface area contributed by atoms with Gasteiger partial charge in [0.1, 0.15) is 16.5 Å². The van der Waals surface area contributed by atoms with Crippen LogP contribution < -0.4 is 0 Å². The number of thiazole rings is 1. The molecule has 1 aromatic carbocycles. The molecule has 0 spiro atoms. The van der Waals surface area contributed by atoms with E-state index in [9.17, 15) is 14.0 Å². The molecule has 0 unspecified atom stereocenters. The van der Waals surface area contributed by atoms with E-state index in [1.807, 2.05) is 0 Å². The number of esters is 1. The maximum atomic E-state index is 13.1. The van der Waals surface area contributed by atoms with Crippen molar-refractivity contribution in [3.8, 4) is 22.0 Å². The number of carbonyl (C=O) groups is 2. The SMILES string of the molecule is CCOC(=O)c1csc(-c2[nH]c(C=O)nc2-c2ccc(F)cc2)n1. The number of nitrogens with zero attached hydrogens (tertiary/aromatic N) is 2. The topological polar surface area (TPSA) is 84.9 Å². The Kier molecular flexibility index (Phi) is 4.48. The highest BCUT2D eigenvalue weighted by molar-refractivity contribution is 7.13. The van der Waals surface area contributed by atoms with E-state index in [2.05, 4.69) is 15.0 Å². The third-order valence-corrected chi connectivity index (χ3v) is 4.01. The zero-order valence-electron chi connectivity index (χ0n) is 12.6. The molecule has 0 saturated carbocycles. The van der Waals surface area contributed by atoms with Crippen molar-refractivity contribution in [2.24, 2.45) is 0 Å². The maximum absolute atomic E-state index is 13.1. The van der Waals surface area contributed by atoms with Gasteiger partial charge in [0.25, 0.3) is 0 Å². The van der Waals surface area contributed by atoms with Crippen LogP contribution in [0.3, 0.4) is 0 Å². The molecule has 8 heteroatoms. The molecule has 0 saturated heterocycles. The van der Waals surface area contributed by atoms with E-state index < -0.39 is 5.97 Å². The molecule has 2 heterocycles. The van der Waals surface area contributed by atoms with E-state index in [4.69, 9.17) is 4.74 Å². The van der Waals surface area contributed by atoms with E-state index >= 15 is 0 Å². The molecule has 0 radical (unpaired) electrons. The van der Waals surface area contributed by atoms with Gasteiger partial charge in [0, 0.05) is 10.9 Å².